The molecule has 5 heteroatoms. The summed E-state index contributed by atoms with van der Waals surface area (Å²) in [5.74, 6) is -3.36. The number of hydrogen-bond acceptors (Lipinski definition) is 3. The molecule has 0 spiro atoms. The van der Waals surface area contributed by atoms with Crippen LogP contribution in [0.3, 0.4) is 0 Å². The van der Waals surface area contributed by atoms with E-state index in [1.807, 2.05) is 60.8 Å². The predicted molar refractivity (Wildman–Crippen MR) is 94.3 cm³/mol. The highest BCUT2D eigenvalue weighted by Crippen LogP contribution is 2.35. The highest BCUT2D eigenvalue weighted by Gasteiger charge is 2.32. The molecule has 2 atom stereocenters. The van der Waals surface area contributed by atoms with Gasteiger partial charge in [-0.2, -0.15) is 0 Å². The van der Waals surface area contributed by atoms with E-state index in [2.05, 4.69) is 9.72 Å². The number of aromatic amines is 1. The number of esters is 1. The highest BCUT2D eigenvalue weighted by atomic mass is 16.5. The number of carbonyl (C=O) groups excluding carboxylic acids is 1. The minimum Gasteiger partial charge on any atom is -0.481 e. The van der Waals surface area contributed by atoms with Crippen molar-refractivity contribution in [3.05, 3.63) is 71.9 Å². The van der Waals surface area contributed by atoms with Crippen molar-refractivity contribution >= 4 is 22.8 Å². The Balaban J connectivity index is 2.07. The number of benzene rings is 2. The molecular formula is C20H19NO4. The zero-order valence-electron chi connectivity index (χ0n) is 13.8. The van der Waals surface area contributed by atoms with Crippen molar-refractivity contribution in [3.63, 3.8) is 0 Å². The van der Waals surface area contributed by atoms with Crippen LogP contribution in [-0.4, -0.2) is 29.1 Å². The molecule has 0 bridgehead atoms. The van der Waals surface area contributed by atoms with E-state index in [0.29, 0.717) is 0 Å². The van der Waals surface area contributed by atoms with Gasteiger partial charge in [-0.15, -0.1) is 0 Å². The van der Waals surface area contributed by atoms with E-state index in [1.165, 1.54) is 7.11 Å². The summed E-state index contributed by atoms with van der Waals surface area (Å²) in [4.78, 5) is 26.8. The topological polar surface area (TPSA) is 79.4 Å². The molecule has 128 valence electrons. The third kappa shape index (κ3) is 3.40. The molecule has 0 aliphatic heterocycles. The standard InChI is InChI=1S/C20H19NO4/c1-25-20(24)16(19(22)23)11-15(13-7-3-2-4-8-13)17-12-21-18-10-6-5-9-14(17)18/h2-10,12,15-16,21H,11H2,1H3,(H,22,23). The van der Waals surface area contributed by atoms with Crippen LogP contribution < -0.4 is 0 Å². The van der Waals surface area contributed by atoms with Crippen LogP contribution in [0.4, 0.5) is 0 Å². The molecular weight excluding hydrogens is 318 g/mol. The fraction of sp³-hybridized carbons (Fsp3) is 0.200. The van der Waals surface area contributed by atoms with Crippen molar-refractivity contribution in [2.24, 2.45) is 5.92 Å². The maximum atomic E-state index is 11.9. The maximum Gasteiger partial charge on any atom is 0.320 e. The number of carbonyl (C=O) groups is 2. The molecule has 2 unspecified atom stereocenters. The van der Waals surface area contributed by atoms with E-state index in [0.717, 1.165) is 22.0 Å². The third-order valence-corrected chi connectivity index (χ3v) is 4.45. The van der Waals surface area contributed by atoms with E-state index in [4.69, 9.17) is 0 Å². The van der Waals surface area contributed by atoms with E-state index in [9.17, 15) is 14.7 Å². The molecule has 0 aliphatic carbocycles. The van der Waals surface area contributed by atoms with Gasteiger partial charge in [0.15, 0.2) is 5.92 Å². The first-order chi connectivity index (χ1) is 12.1. The van der Waals surface area contributed by atoms with Crippen LogP contribution in [0.15, 0.2) is 60.8 Å². The Kier molecular flexibility index (Phi) is 4.84. The zero-order valence-corrected chi connectivity index (χ0v) is 13.8. The van der Waals surface area contributed by atoms with Crippen LogP contribution >= 0.6 is 0 Å². The second kappa shape index (κ2) is 7.21. The Labute approximate surface area is 145 Å². The molecule has 25 heavy (non-hydrogen) atoms. The first-order valence-corrected chi connectivity index (χ1v) is 8.03. The largest absolute Gasteiger partial charge is 0.481 e. The Morgan fingerprint density at radius 2 is 1.76 bits per heavy atom. The average molecular weight is 337 g/mol. The number of rotatable bonds is 6. The smallest absolute Gasteiger partial charge is 0.320 e. The van der Waals surface area contributed by atoms with Gasteiger partial charge in [0.05, 0.1) is 7.11 Å². The van der Waals surface area contributed by atoms with Crippen LogP contribution in [0.1, 0.15) is 23.5 Å². The molecule has 0 amide bonds. The summed E-state index contributed by atoms with van der Waals surface area (Å²) < 4.78 is 4.69. The van der Waals surface area contributed by atoms with Gasteiger partial charge in [0.1, 0.15) is 0 Å². The molecule has 2 aromatic carbocycles. The number of carboxylic acids is 1. The van der Waals surface area contributed by atoms with Gasteiger partial charge in [-0.25, -0.2) is 0 Å². The summed E-state index contributed by atoms with van der Waals surface area (Å²) in [6, 6.07) is 17.5. The van der Waals surface area contributed by atoms with Crippen LogP contribution in [0, 0.1) is 5.92 Å². The second-order valence-electron chi connectivity index (χ2n) is 5.90. The minimum absolute atomic E-state index is 0.133. The van der Waals surface area contributed by atoms with E-state index < -0.39 is 17.9 Å². The summed E-state index contributed by atoms with van der Waals surface area (Å²) in [6.07, 6.45) is 2.02. The SMILES string of the molecule is COC(=O)C(CC(c1ccccc1)c1c[nH]c2ccccc12)C(=O)O. The average Bonchev–Trinajstić information content (AvgIpc) is 3.06. The van der Waals surface area contributed by atoms with Crippen LogP contribution in [0.5, 0.6) is 0 Å². The van der Waals surface area contributed by atoms with Crippen LogP contribution in [-0.2, 0) is 14.3 Å². The molecule has 3 aromatic rings. The first kappa shape index (κ1) is 16.8. The molecule has 1 aromatic heterocycles. The predicted octanol–water partition coefficient (Wildman–Crippen LogP) is 3.56. The van der Waals surface area contributed by atoms with Crippen LogP contribution in [0.25, 0.3) is 10.9 Å². The van der Waals surface area contributed by atoms with E-state index in [-0.39, 0.29) is 12.3 Å². The van der Waals surface area contributed by atoms with Crippen molar-refractivity contribution in [3.8, 4) is 0 Å². The van der Waals surface area contributed by atoms with Crippen molar-refractivity contribution in [2.75, 3.05) is 7.11 Å². The molecule has 3 rings (SSSR count). The van der Waals surface area contributed by atoms with Crippen molar-refractivity contribution < 1.29 is 19.4 Å². The molecule has 0 saturated heterocycles. The first-order valence-electron chi connectivity index (χ1n) is 8.03. The molecule has 1 heterocycles. The van der Waals surface area contributed by atoms with Crippen molar-refractivity contribution in [1.29, 1.82) is 0 Å². The Morgan fingerprint density at radius 1 is 1.08 bits per heavy atom. The molecule has 2 N–H and O–H groups in total. The number of methoxy groups -OCH3 is 1. The van der Waals surface area contributed by atoms with Gasteiger partial charge in [-0.3, -0.25) is 9.59 Å². The summed E-state index contributed by atoms with van der Waals surface area (Å²) in [6.45, 7) is 0. The summed E-state index contributed by atoms with van der Waals surface area (Å²) in [5, 5.41) is 10.5. The molecule has 0 saturated carbocycles. The highest BCUT2D eigenvalue weighted by molar-refractivity contribution is 5.94. The van der Waals surface area contributed by atoms with Gasteiger partial charge in [0.25, 0.3) is 0 Å². The molecule has 5 nitrogen and oxygen atoms in total. The lowest BCUT2D eigenvalue weighted by Gasteiger charge is -2.20. The molecule has 0 radical (unpaired) electrons. The fourth-order valence-corrected chi connectivity index (χ4v) is 3.19. The number of ether oxygens (including phenoxy) is 1. The second-order valence-corrected chi connectivity index (χ2v) is 5.90. The van der Waals surface area contributed by atoms with Gasteiger partial charge >= 0.3 is 11.9 Å². The van der Waals surface area contributed by atoms with Gasteiger partial charge in [-0.1, -0.05) is 48.5 Å². The maximum absolute atomic E-state index is 11.9. The van der Waals surface area contributed by atoms with E-state index in [1.54, 1.807) is 0 Å². The number of nitrogens with one attached hydrogen (secondary N) is 1. The normalized spacial score (nSPS) is 13.3. The van der Waals surface area contributed by atoms with Crippen molar-refractivity contribution in [1.82, 2.24) is 4.98 Å². The van der Waals surface area contributed by atoms with E-state index >= 15 is 0 Å². The zero-order chi connectivity index (χ0) is 17.8. The summed E-state index contributed by atoms with van der Waals surface area (Å²) >= 11 is 0. The summed E-state index contributed by atoms with van der Waals surface area (Å²) in [5.41, 5.74) is 2.91. The van der Waals surface area contributed by atoms with Gasteiger partial charge in [0.2, 0.25) is 0 Å². The summed E-state index contributed by atoms with van der Waals surface area (Å²) in [7, 11) is 1.21. The fourth-order valence-electron chi connectivity index (χ4n) is 3.19. The number of carboxylic acid groups (broad SMARTS) is 1. The third-order valence-electron chi connectivity index (χ3n) is 4.45. The molecule has 0 fully saturated rings. The Hall–Kier alpha value is -3.08. The molecule has 0 aliphatic rings. The number of aliphatic carboxylic acids is 1. The monoisotopic (exact) mass is 337 g/mol. The number of hydrogen-bond donors (Lipinski definition) is 2. The lowest BCUT2D eigenvalue weighted by Crippen LogP contribution is -2.27. The van der Waals surface area contributed by atoms with Gasteiger partial charge in [0, 0.05) is 23.0 Å². The van der Waals surface area contributed by atoms with Gasteiger partial charge < -0.3 is 14.8 Å². The number of H-pyrrole nitrogens is 1. The quantitative estimate of drug-likeness (QED) is 0.532. The minimum atomic E-state index is -1.22. The Morgan fingerprint density at radius 3 is 2.44 bits per heavy atom. The Bertz CT molecular complexity index is 885. The number of fused-ring (bicyclic) bond motifs is 1. The lowest BCUT2D eigenvalue weighted by atomic mass is 9.83. The number of para-hydroxylation sites is 1. The van der Waals surface area contributed by atoms with Crippen molar-refractivity contribution in [2.45, 2.75) is 12.3 Å². The van der Waals surface area contributed by atoms with Crippen LogP contribution in [0.2, 0.25) is 0 Å². The number of aromatic nitrogens is 1. The van der Waals surface area contributed by atoms with Gasteiger partial charge in [-0.05, 0) is 23.6 Å². The lowest BCUT2D eigenvalue weighted by molar-refractivity contribution is -0.157.